The summed E-state index contributed by atoms with van der Waals surface area (Å²) in [6.45, 7) is 4.03. The largest absolute Gasteiger partial charge is 0.385 e. The van der Waals surface area contributed by atoms with E-state index in [9.17, 15) is 0 Å². The second-order valence-corrected chi connectivity index (χ2v) is 4.37. The van der Waals surface area contributed by atoms with Gasteiger partial charge in [0.05, 0.1) is 24.4 Å². The van der Waals surface area contributed by atoms with Crippen LogP contribution in [-0.2, 0) is 22.7 Å². The van der Waals surface area contributed by atoms with E-state index in [1.807, 2.05) is 18.2 Å². The first-order valence-electron chi connectivity index (χ1n) is 6.43. The molecular weight excluding hydrogens is 240 g/mol. The number of hydrogen-bond acceptors (Lipinski definition) is 4. The number of hydrogen-bond donors (Lipinski definition) is 1. The number of nitrogens with zero attached hydrogens (tertiary/aromatic N) is 1. The average Bonchev–Trinajstić information content (AvgIpc) is 2.41. The highest BCUT2D eigenvalue weighted by molar-refractivity contribution is 5.93. The number of anilines is 1. The Morgan fingerprint density at radius 2 is 1.95 bits per heavy atom. The zero-order chi connectivity index (χ0) is 13.7. The molecule has 19 heavy (non-hydrogen) atoms. The van der Waals surface area contributed by atoms with E-state index in [-0.39, 0.29) is 0 Å². The van der Waals surface area contributed by atoms with Gasteiger partial charge in [0.1, 0.15) is 0 Å². The van der Waals surface area contributed by atoms with Crippen LogP contribution in [0.3, 0.4) is 0 Å². The number of rotatable bonds is 6. The molecule has 2 aromatic rings. The summed E-state index contributed by atoms with van der Waals surface area (Å²) in [5, 5.41) is 4.50. The van der Waals surface area contributed by atoms with E-state index in [0.717, 1.165) is 34.4 Å². The number of methoxy groups -OCH3 is 2. The highest BCUT2D eigenvalue weighted by Crippen LogP contribution is 2.26. The van der Waals surface area contributed by atoms with Crippen molar-refractivity contribution in [1.82, 2.24) is 4.98 Å². The number of aromatic nitrogens is 1. The molecule has 0 aliphatic carbocycles. The van der Waals surface area contributed by atoms with E-state index in [0.29, 0.717) is 13.2 Å². The zero-order valence-corrected chi connectivity index (χ0v) is 11.7. The van der Waals surface area contributed by atoms with E-state index >= 15 is 0 Å². The van der Waals surface area contributed by atoms with Crippen molar-refractivity contribution < 1.29 is 9.47 Å². The van der Waals surface area contributed by atoms with Crippen LogP contribution in [0.5, 0.6) is 0 Å². The SMILES string of the molecule is CCNc1cc(COC)nc2c(COC)cccc12. The maximum Gasteiger partial charge on any atom is 0.0885 e. The Labute approximate surface area is 113 Å². The van der Waals surface area contributed by atoms with Crippen LogP contribution in [0, 0.1) is 0 Å². The van der Waals surface area contributed by atoms with Crippen molar-refractivity contribution in [3.8, 4) is 0 Å². The molecule has 0 amide bonds. The first-order chi connectivity index (χ1) is 9.30. The molecule has 1 heterocycles. The standard InChI is InChI=1S/C15H20N2O2/c1-4-16-14-8-12(10-19-3)17-15-11(9-18-2)6-5-7-13(14)15/h5-8H,4,9-10H2,1-3H3,(H,16,17). The molecule has 2 rings (SSSR count). The van der Waals surface area contributed by atoms with Gasteiger partial charge in [-0.1, -0.05) is 18.2 Å². The second kappa shape index (κ2) is 6.50. The van der Waals surface area contributed by atoms with Crippen LogP contribution < -0.4 is 5.32 Å². The second-order valence-electron chi connectivity index (χ2n) is 4.37. The predicted octanol–water partition coefficient (Wildman–Crippen LogP) is 2.96. The van der Waals surface area contributed by atoms with Gasteiger partial charge in [-0.2, -0.15) is 0 Å². The van der Waals surface area contributed by atoms with E-state index in [4.69, 9.17) is 9.47 Å². The Hall–Kier alpha value is -1.65. The molecule has 0 unspecified atom stereocenters. The quantitative estimate of drug-likeness (QED) is 0.867. The summed E-state index contributed by atoms with van der Waals surface area (Å²) in [4.78, 5) is 4.68. The first kappa shape index (κ1) is 13.8. The predicted molar refractivity (Wildman–Crippen MR) is 77.3 cm³/mol. The lowest BCUT2D eigenvalue weighted by molar-refractivity contribution is 0.181. The van der Waals surface area contributed by atoms with Crippen LogP contribution >= 0.6 is 0 Å². The normalized spacial score (nSPS) is 10.9. The fraction of sp³-hybridized carbons (Fsp3) is 0.400. The van der Waals surface area contributed by atoms with Crippen LogP contribution in [0.2, 0.25) is 0 Å². The summed E-state index contributed by atoms with van der Waals surface area (Å²) in [5.41, 5.74) is 4.10. The number of fused-ring (bicyclic) bond motifs is 1. The lowest BCUT2D eigenvalue weighted by atomic mass is 10.1. The molecule has 102 valence electrons. The minimum Gasteiger partial charge on any atom is -0.385 e. The van der Waals surface area contributed by atoms with Crippen molar-refractivity contribution in [3.63, 3.8) is 0 Å². The molecule has 4 nitrogen and oxygen atoms in total. The highest BCUT2D eigenvalue weighted by atomic mass is 16.5. The molecule has 0 aliphatic rings. The van der Waals surface area contributed by atoms with Crippen LogP contribution in [0.25, 0.3) is 10.9 Å². The molecule has 0 aliphatic heterocycles. The van der Waals surface area contributed by atoms with Crippen molar-refractivity contribution in [1.29, 1.82) is 0 Å². The van der Waals surface area contributed by atoms with Crippen LogP contribution in [0.4, 0.5) is 5.69 Å². The van der Waals surface area contributed by atoms with E-state index in [1.165, 1.54) is 0 Å². The Morgan fingerprint density at radius 3 is 2.63 bits per heavy atom. The van der Waals surface area contributed by atoms with Crippen LogP contribution in [0.1, 0.15) is 18.2 Å². The van der Waals surface area contributed by atoms with E-state index < -0.39 is 0 Å². The molecule has 1 aromatic carbocycles. The van der Waals surface area contributed by atoms with Crippen molar-refractivity contribution in [2.45, 2.75) is 20.1 Å². The van der Waals surface area contributed by atoms with Crippen molar-refractivity contribution in [2.24, 2.45) is 0 Å². The van der Waals surface area contributed by atoms with Crippen LogP contribution in [0.15, 0.2) is 24.3 Å². The summed E-state index contributed by atoms with van der Waals surface area (Å²) in [5.74, 6) is 0. The number of ether oxygens (including phenoxy) is 2. The molecule has 0 radical (unpaired) electrons. The molecular formula is C15H20N2O2. The van der Waals surface area contributed by atoms with Gasteiger partial charge in [-0.05, 0) is 13.0 Å². The average molecular weight is 260 g/mol. The molecule has 0 spiro atoms. The summed E-state index contributed by atoms with van der Waals surface area (Å²) >= 11 is 0. The topological polar surface area (TPSA) is 43.4 Å². The Bertz CT molecular complexity index is 555. The lowest BCUT2D eigenvalue weighted by Gasteiger charge is -2.13. The van der Waals surface area contributed by atoms with Gasteiger partial charge in [0.15, 0.2) is 0 Å². The maximum atomic E-state index is 5.24. The Morgan fingerprint density at radius 1 is 1.16 bits per heavy atom. The summed E-state index contributed by atoms with van der Waals surface area (Å²) in [6.07, 6.45) is 0. The van der Waals surface area contributed by atoms with Gasteiger partial charge in [-0.3, -0.25) is 0 Å². The van der Waals surface area contributed by atoms with Crippen LogP contribution in [-0.4, -0.2) is 25.7 Å². The third-order valence-corrected chi connectivity index (χ3v) is 2.94. The van der Waals surface area contributed by atoms with Gasteiger partial charge in [0, 0.05) is 37.4 Å². The van der Waals surface area contributed by atoms with Gasteiger partial charge in [0.25, 0.3) is 0 Å². The summed E-state index contributed by atoms with van der Waals surface area (Å²) in [6, 6.07) is 8.21. The minimum absolute atomic E-state index is 0.510. The van der Waals surface area contributed by atoms with Crippen molar-refractivity contribution >= 4 is 16.6 Å². The molecule has 1 N–H and O–H groups in total. The van der Waals surface area contributed by atoms with Gasteiger partial charge in [0.2, 0.25) is 0 Å². The van der Waals surface area contributed by atoms with E-state index in [1.54, 1.807) is 14.2 Å². The molecule has 0 fully saturated rings. The summed E-state index contributed by atoms with van der Waals surface area (Å²) in [7, 11) is 3.38. The molecule has 0 saturated carbocycles. The molecule has 0 bridgehead atoms. The zero-order valence-electron chi connectivity index (χ0n) is 11.7. The fourth-order valence-corrected chi connectivity index (χ4v) is 2.19. The fourth-order valence-electron chi connectivity index (χ4n) is 2.19. The molecule has 4 heteroatoms. The molecule has 1 aromatic heterocycles. The van der Waals surface area contributed by atoms with Gasteiger partial charge in [-0.15, -0.1) is 0 Å². The van der Waals surface area contributed by atoms with Gasteiger partial charge in [-0.25, -0.2) is 4.98 Å². The van der Waals surface area contributed by atoms with Gasteiger partial charge < -0.3 is 14.8 Å². The first-order valence-corrected chi connectivity index (χ1v) is 6.43. The van der Waals surface area contributed by atoms with Crippen molar-refractivity contribution in [2.75, 3.05) is 26.1 Å². The molecule has 0 atom stereocenters. The van der Waals surface area contributed by atoms with E-state index in [2.05, 4.69) is 23.3 Å². The third-order valence-electron chi connectivity index (χ3n) is 2.94. The maximum absolute atomic E-state index is 5.24. The number of nitrogens with one attached hydrogen (secondary N) is 1. The Balaban J connectivity index is 2.60. The molecule has 0 saturated heterocycles. The smallest absolute Gasteiger partial charge is 0.0885 e. The Kier molecular flexibility index (Phi) is 4.71. The highest BCUT2D eigenvalue weighted by Gasteiger charge is 2.09. The summed E-state index contributed by atoms with van der Waals surface area (Å²) < 4.78 is 10.4. The van der Waals surface area contributed by atoms with Gasteiger partial charge >= 0.3 is 0 Å². The lowest BCUT2D eigenvalue weighted by Crippen LogP contribution is -2.03. The third kappa shape index (κ3) is 3.03. The van der Waals surface area contributed by atoms with Crippen molar-refractivity contribution in [3.05, 3.63) is 35.5 Å². The monoisotopic (exact) mass is 260 g/mol. The number of pyridine rings is 1. The number of benzene rings is 1. The minimum atomic E-state index is 0.510. The number of para-hydroxylation sites is 1.